The molecule has 23 heavy (non-hydrogen) atoms. The third kappa shape index (κ3) is 7.55. The minimum absolute atomic E-state index is 0.148. The minimum Gasteiger partial charge on any atom is -0.490 e. The quantitative estimate of drug-likeness (QED) is 0.307. The van der Waals surface area contributed by atoms with E-state index in [1.165, 1.54) is 12.8 Å². The van der Waals surface area contributed by atoms with Crippen molar-refractivity contribution in [1.82, 2.24) is 0 Å². The van der Waals surface area contributed by atoms with Crippen molar-refractivity contribution < 1.29 is 9.53 Å². The topological polar surface area (TPSA) is 51.0 Å². The molecule has 126 valence electrons. The molecule has 4 nitrogen and oxygen atoms in total. The molecule has 1 aromatic carbocycles. The highest BCUT2D eigenvalue weighted by molar-refractivity contribution is 6.32. The largest absolute Gasteiger partial charge is 0.490 e. The highest BCUT2D eigenvalue weighted by Crippen LogP contribution is 2.23. The first kappa shape index (κ1) is 19.6. The number of nitrogens with zero attached hydrogens (tertiary/aromatic N) is 2. The van der Waals surface area contributed by atoms with Gasteiger partial charge in [-0.3, -0.25) is 4.79 Å². The molecule has 1 unspecified atom stereocenters. The summed E-state index contributed by atoms with van der Waals surface area (Å²) in [5.74, 6) is 0.311. The zero-order valence-electron chi connectivity index (χ0n) is 14.5. The van der Waals surface area contributed by atoms with Crippen molar-refractivity contribution in [3.05, 3.63) is 29.8 Å². The molecular formula is C18H28N2O2Si. The maximum absolute atomic E-state index is 12.2. The van der Waals surface area contributed by atoms with Crippen LogP contribution in [0.15, 0.2) is 34.2 Å². The van der Waals surface area contributed by atoms with Gasteiger partial charge in [0.2, 0.25) is 9.68 Å². The Morgan fingerprint density at radius 3 is 2.65 bits per heavy atom. The molecule has 0 aliphatic heterocycles. The van der Waals surface area contributed by atoms with Gasteiger partial charge < -0.3 is 4.74 Å². The van der Waals surface area contributed by atoms with Gasteiger partial charge in [-0.15, -0.1) is 5.11 Å². The van der Waals surface area contributed by atoms with E-state index < -0.39 is 0 Å². The molecule has 0 aromatic heterocycles. The number of carbonyl (C=O) groups excluding carboxylic acids is 1. The molecular weight excluding hydrogens is 304 g/mol. The molecule has 0 fully saturated rings. The van der Waals surface area contributed by atoms with E-state index in [1.807, 2.05) is 18.2 Å². The zero-order chi connectivity index (χ0) is 16.9. The standard InChI is InChI=1S/C18H28N2O2Si/c1-4-7-8-11-15(6-3)22-17-13-10-9-12-16(17)18(21)19-20-23-14-5-2/h9-10,12-13,15H,4-8,11,14H2,1-3H3. The molecule has 1 atom stereocenters. The predicted octanol–water partition coefficient (Wildman–Crippen LogP) is 5.46. The number of ether oxygens (including phenoxy) is 1. The summed E-state index contributed by atoms with van der Waals surface area (Å²) in [7, 11) is 0.359. The van der Waals surface area contributed by atoms with Crippen LogP contribution in [-0.4, -0.2) is 21.7 Å². The first-order chi connectivity index (χ1) is 11.2. The molecule has 0 N–H and O–H groups in total. The molecule has 1 amide bonds. The van der Waals surface area contributed by atoms with E-state index in [0.29, 0.717) is 21.0 Å². The van der Waals surface area contributed by atoms with Crippen LogP contribution in [0.25, 0.3) is 0 Å². The Kier molecular flexibility index (Phi) is 10.2. The van der Waals surface area contributed by atoms with Crippen LogP contribution in [-0.2, 0) is 0 Å². The van der Waals surface area contributed by atoms with Gasteiger partial charge in [0.1, 0.15) is 5.75 Å². The Morgan fingerprint density at radius 1 is 1.17 bits per heavy atom. The molecule has 0 aliphatic rings. The normalized spacial score (nSPS) is 12.5. The summed E-state index contributed by atoms with van der Waals surface area (Å²) in [6.07, 6.45) is 6.73. The van der Waals surface area contributed by atoms with Crippen LogP contribution in [0.5, 0.6) is 5.75 Å². The fraction of sp³-hybridized carbons (Fsp3) is 0.611. The van der Waals surface area contributed by atoms with Gasteiger partial charge in [-0.05, 0) is 37.4 Å². The van der Waals surface area contributed by atoms with Crippen molar-refractivity contribution >= 4 is 15.6 Å². The Balaban J connectivity index is 2.71. The van der Waals surface area contributed by atoms with Crippen LogP contribution >= 0.6 is 0 Å². The lowest BCUT2D eigenvalue weighted by Crippen LogP contribution is -2.16. The number of hydrogen-bond donors (Lipinski definition) is 0. The number of rotatable bonds is 11. The highest BCUT2D eigenvalue weighted by atomic mass is 28.2. The monoisotopic (exact) mass is 332 g/mol. The smallest absolute Gasteiger partial charge is 0.297 e. The van der Waals surface area contributed by atoms with Crippen molar-refractivity contribution in [1.29, 1.82) is 0 Å². The molecule has 2 radical (unpaired) electrons. The van der Waals surface area contributed by atoms with E-state index in [1.54, 1.807) is 6.07 Å². The van der Waals surface area contributed by atoms with Gasteiger partial charge in [-0.25, -0.2) is 4.78 Å². The van der Waals surface area contributed by atoms with Gasteiger partial charge >= 0.3 is 0 Å². The highest BCUT2D eigenvalue weighted by Gasteiger charge is 2.15. The van der Waals surface area contributed by atoms with Crippen LogP contribution < -0.4 is 4.74 Å². The Labute approximate surface area is 142 Å². The molecule has 0 bridgehead atoms. The van der Waals surface area contributed by atoms with Crippen LogP contribution in [0.2, 0.25) is 6.04 Å². The summed E-state index contributed by atoms with van der Waals surface area (Å²) in [6.45, 7) is 6.41. The van der Waals surface area contributed by atoms with Gasteiger partial charge in [-0.1, -0.05) is 52.2 Å². The van der Waals surface area contributed by atoms with E-state index in [4.69, 9.17) is 4.74 Å². The second-order valence-corrected chi connectivity index (χ2v) is 6.57. The first-order valence-corrected chi connectivity index (χ1v) is 9.81. The van der Waals surface area contributed by atoms with E-state index in [9.17, 15) is 4.79 Å². The Morgan fingerprint density at radius 2 is 1.96 bits per heavy atom. The van der Waals surface area contributed by atoms with E-state index in [2.05, 4.69) is 30.7 Å². The molecule has 0 aliphatic carbocycles. The molecule has 1 rings (SSSR count). The molecule has 1 aromatic rings. The van der Waals surface area contributed by atoms with Gasteiger partial charge in [0.25, 0.3) is 5.91 Å². The predicted molar refractivity (Wildman–Crippen MR) is 95.3 cm³/mol. The maximum Gasteiger partial charge on any atom is 0.297 e. The second-order valence-electron chi connectivity index (χ2n) is 5.55. The average Bonchev–Trinajstić information content (AvgIpc) is 2.58. The van der Waals surface area contributed by atoms with Gasteiger partial charge in [-0.2, -0.15) is 0 Å². The van der Waals surface area contributed by atoms with E-state index in [-0.39, 0.29) is 12.0 Å². The summed E-state index contributed by atoms with van der Waals surface area (Å²) in [6, 6.07) is 8.31. The van der Waals surface area contributed by atoms with Crippen molar-refractivity contribution in [2.75, 3.05) is 0 Å². The Bertz CT molecular complexity index is 492. The van der Waals surface area contributed by atoms with Crippen molar-refractivity contribution in [3.8, 4) is 5.75 Å². The van der Waals surface area contributed by atoms with Crippen molar-refractivity contribution in [3.63, 3.8) is 0 Å². The summed E-state index contributed by atoms with van der Waals surface area (Å²) in [4.78, 5) is 12.2. The fourth-order valence-corrected chi connectivity index (χ4v) is 2.68. The van der Waals surface area contributed by atoms with Gasteiger partial charge in [0, 0.05) is 0 Å². The van der Waals surface area contributed by atoms with E-state index >= 15 is 0 Å². The number of amides is 1. The minimum atomic E-state index is -0.312. The van der Waals surface area contributed by atoms with Crippen LogP contribution in [0.1, 0.15) is 69.7 Å². The number of hydrogen-bond acceptors (Lipinski definition) is 3. The fourth-order valence-electron chi connectivity index (χ4n) is 2.19. The third-order valence-corrected chi connectivity index (χ3v) is 4.53. The van der Waals surface area contributed by atoms with E-state index in [0.717, 1.165) is 31.7 Å². The lowest BCUT2D eigenvalue weighted by Gasteiger charge is -2.18. The van der Waals surface area contributed by atoms with Crippen LogP contribution in [0, 0.1) is 0 Å². The van der Waals surface area contributed by atoms with Crippen LogP contribution in [0.4, 0.5) is 0 Å². The molecule has 0 spiro atoms. The summed E-state index contributed by atoms with van der Waals surface area (Å²) in [5, 5.41) is 3.82. The zero-order valence-corrected chi connectivity index (χ0v) is 15.5. The Hall–Kier alpha value is -1.49. The number of benzene rings is 1. The summed E-state index contributed by atoms with van der Waals surface area (Å²) < 4.78 is 10.1. The lowest BCUT2D eigenvalue weighted by molar-refractivity contribution is 0.0986. The average molecular weight is 333 g/mol. The van der Waals surface area contributed by atoms with Crippen molar-refractivity contribution in [2.24, 2.45) is 9.89 Å². The maximum atomic E-state index is 12.2. The molecule has 0 saturated heterocycles. The summed E-state index contributed by atoms with van der Waals surface area (Å²) in [5.41, 5.74) is 0.506. The van der Waals surface area contributed by atoms with Gasteiger partial charge in [0.15, 0.2) is 0 Å². The third-order valence-electron chi connectivity index (χ3n) is 3.57. The summed E-state index contributed by atoms with van der Waals surface area (Å²) >= 11 is 0. The first-order valence-electron chi connectivity index (χ1n) is 8.66. The number of para-hydroxylation sites is 1. The molecule has 0 saturated carbocycles. The molecule has 0 heterocycles. The number of unbranched alkanes of at least 4 members (excludes halogenated alkanes) is 2. The van der Waals surface area contributed by atoms with Gasteiger partial charge in [0.05, 0.1) is 11.7 Å². The molecule has 5 heteroatoms. The van der Waals surface area contributed by atoms with Crippen LogP contribution in [0.3, 0.4) is 0 Å². The second kappa shape index (κ2) is 12.0. The lowest BCUT2D eigenvalue weighted by atomic mass is 10.1. The van der Waals surface area contributed by atoms with Crippen molar-refractivity contribution in [2.45, 2.75) is 71.4 Å². The number of carbonyl (C=O) groups is 1. The SMILES string of the molecule is CCCCCC(CC)Oc1ccccc1C(=O)N=N[Si]CCC.